The van der Waals surface area contributed by atoms with Crippen LogP contribution >= 0.6 is 0 Å². The smallest absolute Gasteiger partial charge is 0.0337 e. The molecule has 0 spiro atoms. The molecule has 0 atom stereocenters. The SMILES string of the molecule is C=C/C=C\C(=C)Cc1cc(N)cc(N)c1.CC.CC. The van der Waals surface area contributed by atoms with Crippen molar-refractivity contribution in [3.63, 3.8) is 0 Å². The molecule has 1 aromatic carbocycles. The molecule has 0 amide bonds. The minimum absolute atomic E-state index is 0.686. The lowest BCUT2D eigenvalue weighted by molar-refractivity contribution is 1.21. The molecular weight excluding hydrogens is 232 g/mol. The molecule has 2 heteroatoms. The molecule has 0 aliphatic carbocycles. The molecule has 0 unspecified atom stereocenters. The van der Waals surface area contributed by atoms with Crippen molar-refractivity contribution in [3.05, 3.63) is 60.7 Å². The number of nitrogen functional groups attached to an aromatic ring is 2. The minimum Gasteiger partial charge on any atom is -0.399 e. The standard InChI is InChI=1S/C13H16N2.2C2H6/c1-3-4-5-10(2)6-11-7-12(14)9-13(15)8-11;2*1-2/h3-5,7-9H,1-2,6,14-15H2;2*1-2H3/b5-4-;;. The van der Waals surface area contributed by atoms with E-state index < -0.39 is 0 Å². The number of anilines is 2. The van der Waals surface area contributed by atoms with Crippen LogP contribution in [0.1, 0.15) is 33.3 Å². The van der Waals surface area contributed by atoms with Crippen molar-refractivity contribution in [1.29, 1.82) is 0 Å². The van der Waals surface area contributed by atoms with Gasteiger partial charge in [-0.1, -0.05) is 64.7 Å². The van der Waals surface area contributed by atoms with Crippen LogP contribution in [0.3, 0.4) is 0 Å². The second kappa shape index (κ2) is 12.5. The Hall–Kier alpha value is -1.96. The Morgan fingerprint density at radius 3 is 1.95 bits per heavy atom. The summed E-state index contributed by atoms with van der Waals surface area (Å²) in [5, 5.41) is 0. The van der Waals surface area contributed by atoms with Crippen LogP contribution in [0.2, 0.25) is 0 Å². The molecule has 2 nitrogen and oxygen atoms in total. The highest BCUT2D eigenvalue weighted by molar-refractivity contribution is 5.55. The summed E-state index contributed by atoms with van der Waals surface area (Å²) in [7, 11) is 0. The van der Waals surface area contributed by atoms with Gasteiger partial charge in [-0.05, 0) is 30.2 Å². The summed E-state index contributed by atoms with van der Waals surface area (Å²) < 4.78 is 0. The highest BCUT2D eigenvalue weighted by Gasteiger charge is 1.97. The summed E-state index contributed by atoms with van der Waals surface area (Å²) in [5.74, 6) is 0. The van der Waals surface area contributed by atoms with Gasteiger partial charge in [0.15, 0.2) is 0 Å². The Labute approximate surface area is 118 Å². The summed E-state index contributed by atoms with van der Waals surface area (Å²) in [4.78, 5) is 0. The number of hydrogen-bond acceptors (Lipinski definition) is 2. The average molecular weight is 260 g/mol. The van der Waals surface area contributed by atoms with Crippen LogP contribution in [0, 0.1) is 0 Å². The molecule has 0 aliphatic rings. The predicted octanol–water partition coefficient (Wildman–Crippen LogP) is 4.74. The minimum atomic E-state index is 0.686. The molecule has 1 rings (SSSR count). The van der Waals surface area contributed by atoms with Gasteiger partial charge in [-0.25, -0.2) is 0 Å². The molecule has 1 aromatic rings. The molecular formula is C17H28N2. The Morgan fingerprint density at radius 1 is 1.05 bits per heavy atom. The van der Waals surface area contributed by atoms with Gasteiger partial charge >= 0.3 is 0 Å². The van der Waals surface area contributed by atoms with Crippen molar-refractivity contribution < 1.29 is 0 Å². The zero-order valence-corrected chi connectivity index (χ0v) is 12.7. The van der Waals surface area contributed by atoms with Crippen molar-refractivity contribution in [3.8, 4) is 0 Å². The molecule has 0 saturated carbocycles. The molecule has 19 heavy (non-hydrogen) atoms. The quantitative estimate of drug-likeness (QED) is 0.606. The molecule has 4 N–H and O–H groups in total. The van der Waals surface area contributed by atoms with E-state index in [1.165, 1.54) is 0 Å². The second-order valence-electron chi connectivity index (χ2n) is 3.44. The largest absolute Gasteiger partial charge is 0.399 e. The number of benzene rings is 1. The third-order valence-electron chi connectivity index (χ3n) is 1.94. The van der Waals surface area contributed by atoms with Crippen molar-refractivity contribution in [2.24, 2.45) is 0 Å². The van der Waals surface area contributed by atoms with Gasteiger partial charge in [-0.2, -0.15) is 0 Å². The summed E-state index contributed by atoms with van der Waals surface area (Å²) >= 11 is 0. The van der Waals surface area contributed by atoms with Crippen LogP contribution in [0.25, 0.3) is 0 Å². The summed E-state index contributed by atoms with van der Waals surface area (Å²) in [5.41, 5.74) is 14.8. The third-order valence-corrected chi connectivity index (χ3v) is 1.94. The van der Waals surface area contributed by atoms with Gasteiger partial charge in [0.1, 0.15) is 0 Å². The Balaban J connectivity index is 0. The number of nitrogens with two attached hydrogens (primary N) is 2. The van der Waals surface area contributed by atoms with Crippen molar-refractivity contribution in [2.45, 2.75) is 34.1 Å². The van der Waals surface area contributed by atoms with Crippen molar-refractivity contribution >= 4 is 11.4 Å². The van der Waals surface area contributed by atoms with Gasteiger partial charge in [0.05, 0.1) is 0 Å². The fourth-order valence-corrected chi connectivity index (χ4v) is 1.37. The lowest BCUT2D eigenvalue weighted by Crippen LogP contribution is -1.94. The van der Waals surface area contributed by atoms with Gasteiger partial charge in [0, 0.05) is 11.4 Å². The van der Waals surface area contributed by atoms with Crippen LogP contribution < -0.4 is 11.5 Å². The highest BCUT2D eigenvalue weighted by Crippen LogP contribution is 2.16. The van der Waals surface area contributed by atoms with E-state index in [9.17, 15) is 0 Å². The maximum atomic E-state index is 5.69. The number of rotatable bonds is 4. The van der Waals surface area contributed by atoms with E-state index in [0.29, 0.717) is 11.4 Å². The van der Waals surface area contributed by atoms with E-state index in [2.05, 4.69) is 13.2 Å². The van der Waals surface area contributed by atoms with Gasteiger partial charge in [0.2, 0.25) is 0 Å². The number of hydrogen-bond donors (Lipinski definition) is 2. The van der Waals surface area contributed by atoms with Crippen LogP contribution in [-0.2, 0) is 6.42 Å². The maximum absolute atomic E-state index is 5.69. The van der Waals surface area contributed by atoms with Crippen molar-refractivity contribution in [1.82, 2.24) is 0 Å². The first-order chi connectivity index (χ1) is 9.11. The zero-order chi connectivity index (χ0) is 15.3. The molecule has 0 fully saturated rings. The fraction of sp³-hybridized carbons (Fsp3) is 0.294. The average Bonchev–Trinajstić information content (AvgIpc) is 2.40. The first kappa shape index (κ1) is 19.4. The van der Waals surface area contributed by atoms with E-state index in [1.807, 2.05) is 52.0 Å². The summed E-state index contributed by atoms with van der Waals surface area (Å²) in [6, 6.07) is 5.55. The fourth-order valence-electron chi connectivity index (χ4n) is 1.37. The van der Waals surface area contributed by atoms with E-state index in [1.54, 1.807) is 12.1 Å². The van der Waals surface area contributed by atoms with Gasteiger partial charge in [-0.3, -0.25) is 0 Å². The van der Waals surface area contributed by atoms with Crippen LogP contribution in [-0.4, -0.2) is 0 Å². The Morgan fingerprint density at radius 2 is 1.53 bits per heavy atom. The predicted molar refractivity (Wildman–Crippen MR) is 90.1 cm³/mol. The molecule has 106 valence electrons. The monoisotopic (exact) mass is 260 g/mol. The molecule has 0 radical (unpaired) electrons. The summed E-state index contributed by atoms with van der Waals surface area (Å²) in [6.07, 6.45) is 6.25. The topological polar surface area (TPSA) is 52.0 Å². The Bertz CT molecular complexity index is 383. The van der Waals surface area contributed by atoms with Crippen LogP contribution in [0.15, 0.2) is 55.2 Å². The van der Waals surface area contributed by atoms with Gasteiger partial charge < -0.3 is 11.5 Å². The summed E-state index contributed by atoms with van der Waals surface area (Å²) in [6.45, 7) is 15.5. The molecule has 0 saturated heterocycles. The van der Waals surface area contributed by atoms with E-state index >= 15 is 0 Å². The molecule has 0 aliphatic heterocycles. The molecule has 0 bridgehead atoms. The third kappa shape index (κ3) is 9.72. The normalized spacial score (nSPS) is 8.84. The van der Waals surface area contributed by atoms with Gasteiger partial charge in [0.25, 0.3) is 0 Å². The second-order valence-corrected chi connectivity index (χ2v) is 3.44. The lowest BCUT2D eigenvalue weighted by Gasteiger charge is -2.04. The first-order valence-electron chi connectivity index (χ1n) is 6.73. The van der Waals surface area contributed by atoms with Crippen molar-refractivity contribution in [2.75, 3.05) is 11.5 Å². The zero-order valence-electron chi connectivity index (χ0n) is 12.7. The van der Waals surface area contributed by atoms with Crippen LogP contribution in [0.4, 0.5) is 11.4 Å². The maximum Gasteiger partial charge on any atom is 0.0337 e. The molecule has 0 aromatic heterocycles. The van der Waals surface area contributed by atoms with E-state index in [4.69, 9.17) is 11.5 Å². The molecule has 0 heterocycles. The van der Waals surface area contributed by atoms with E-state index in [-0.39, 0.29) is 0 Å². The van der Waals surface area contributed by atoms with Crippen LogP contribution in [0.5, 0.6) is 0 Å². The van der Waals surface area contributed by atoms with E-state index in [0.717, 1.165) is 17.6 Å². The highest BCUT2D eigenvalue weighted by atomic mass is 14.6. The Kier molecular flexibility index (Phi) is 12.7. The lowest BCUT2D eigenvalue weighted by atomic mass is 10.0. The first-order valence-corrected chi connectivity index (χ1v) is 6.73. The van der Waals surface area contributed by atoms with Gasteiger partial charge in [-0.15, -0.1) is 0 Å². The number of allylic oxidation sites excluding steroid dienone is 4.